The average molecular weight is 281 g/mol. The number of nitrogens with two attached hydrogens (primary N) is 1. The van der Waals surface area contributed by atoms with Gasteiger partial charge in [-0.3, -0.25) is 4.90 Å². The maximum Gasteiger partial charge on any atom is 0.141 e. The van der Waals surface area contributed by atoms with Gasteiger partial charge in [-0.15, -0.1) is 0 Å². The maximum absolute atomic E-state index is 6.37. The number of rotatable bonds is 2. The molecule has 19 heavy (non-hydrogen) atoms. The van der Waals surface area contributed by atoms with Gasteiger partial charge in [0.1, 0.15) is 11.9 Å². The smallest absolute Gasteiger partial charge is 0.141 e. The van der Waals surface area contributed by atoms with Crippen molar-refractivity contribution in [1.29, 1.82) is 0 Å². The van der Waals surface area contributed by atoms with E-state index in [0.717, 1.165) is 36.7 Å². The highest BCUT2D eigenvalue weighted by atomic mass is 35.5. The van der Waals surface area contributed by atoms with Crippen molar-refractivity contribution < 1.29 is 4.74 Å². The fourth-order valence-electron chi connectivity index (χ4n) is 3.37. The van der Waals surface area contributed by atoms with Crippen LogP contribution in [-0.2, 0) is 6.42 Å². The molecular weight excluding hydrogens is 260 g/mol. The van der Waals surface area contributed by atoms with E-state index in [1.54, 1.807) is 0 Å². The number of halogens is 1. The largest absolute Gasteiger partial charge is 0.489 e. The lowest BCUT2D eigenvalue weighted by atomic mass is 9.97. The molecule has 0 aliphatic carbocycles. The van der Waals surface area contributed by atoms with Crippen molar-refractivity contribution in [3.8, 4) is 5.75 Å². The van der Waals surface area contributed by atoms with Crippen LogP contribution in [0.3, 0.4) is 0 Å². The van der Waals surface area contributed by atoms with Gasteiger partial charge >= 0.3 is 0 Å². The Hall–Kier alpha value is -0.770. The van der Waals surface area contributed by atoms with Crippen molar-refractivity contribution in [1.82, 2.24) is 4.90 Å². The molecule has 3 nitrogen and oxygen atoms in total. The number of fused-ring (bicyclic) bond motifs is 1. The molecule has 0 saturated carbocycles. The highest BCUT2D eigenvalue weighted by Crippen LogP contribution is 2.41. The van der Waals surface area contributed by atoms with Gasteiger partial charge in [0.15, 0.2) is 0 Å². The van der Waals surface area contributed by atoms with Crippen LogP contribution < -0.4 is 10.5 Å². The first-order chi connectivity index (χ1) is 9.08. The molecule has 2 heterocycles. The van der Waals surface area contributed by atoms with Crippen molar-refractivity contribution in [3.63, 3.8) is 0 Å². The predicted octanol–water partition coefficient (Wildman–Crippen LogP) is 2.61. The molecule has 0 spiro atoms. The van der Waals surface area contributed by atoms with Crippen molar-refractivity contribution in [2.75, 3.05) is 20.1 Å². The topological polar surface area (TPSA) is 38.5 Å². The van der Waals surface area contributed by atoms with E-state index in [1.807, 2.05) is 0 Å². The predicted molar refractivity (Wildman–Crippen MR) is 77.8 cm³/mol. The summed E-state index contributed by atoms with van der Waals surface area (Å²) in [5, 5.41) is 0.751. The maximum atomic E-state index is 6.37. The Labute approximate surface area is 119 Å². The Bertz CT molecular complexity index is 491. The fourth-order valence-corrected chi connectivity index (χ4v) is 3.66. The van der Waals surface area contributed by atoms with Crippen LogP contribution in [0.15, 0.2) is 12.1 Å². The van der Waals surface area contributed by atoms with Crippen LogP contribution in [-0.4, -0.2) is 31.1 Å². The van der Waals surface area contributed by atoms with Crippen molar-refractivity contribution >= 4 is 11.6 Å². The minimum Gasteiger partial charge on any atom is -0.489 e. The van der Waals surface area contributed by atoms with Crippen LogP contribution >= 0.6 is 11.6 Å². The minimum absolute atomic E-state index is 0.237. The summed E-state index contributed by atoms with van der Waals surface area (Å²) in [6.45, 7) is 3.92. The summed E-state index contributed by atoms with van der Waals surface area (Å²) in [6, 6.07) is 4.77. The monoisotopic (exact) mass is 280 g/mol. The molecule has 2 aliphatic rings. The third-order valence-electron chi connectivity index (χ3n) is 4.32. The molecule has 1 fully saturated rings. The molecule has 1 aromatic rings. The molecule has 1 saturated heterocycles. The van der Waals surface area contributed by atoms with Gasteiger partial charge in [-0.05, 0) is 50.0 Å². The second-order valence-electron chi connectivity index (χ2n) is 5.92. The highest BCUT2D eigenvalue weighted by Gasteiger charge is 2.31. The van der Waals surface area contributed by atoms with E-state index in [1.165, 1.54) is 11.1 Å². The van der Waals surface area contributed by atoms with E-state index < -0.39 is 0 Å². The van der Waals surface area contributed by atoms with E-state index in [0.29, 0.717) is 12.0 Å². The first-order valence-corrected chi connectivity index (χ1v) is 7.35. The lowest BCUT2D eigenvalue weighted by Gasteiger charge is -2.20. The Morgan fingerprint density at radius 3 is 2.95 bits per heavy atom. The number of ether oxygens (including phenoxy) is 1. The number of benzene rings is 1. The van der Waals surface area contributed by atoms with Crippen LogP contribution in [0.25, 0.3) is 0 Å². The zero-order chi connectivity index (χ0) is 13.6. The molecule has 3 rings (SSSR count). The molecule has 104 valence electrons. The zero-order valence-electron chi connectivity index (χ0n) is 11.5. The summed E-state index contributed by atoms with van der Waals surface area (Å²) >= 11 is 6.37. The fraction of sp³-hybridized carbons (Fsp3) is 0.600. The van der Waals surface area contributed by atoms with Crippen molar-refractivity contribution in [3.05, 3.63) is 28.3 Å². The summed E-state index contributed by atoms with van der Waals surface area (Å²) in [5.41, 5.74) is 8.36. The zero-order valence-corrected chi connectivity index (χ0v) is 12.3. The van der Waals surface area contributed by atoms with Gasteiger partial charge in [0, 0.05) is 19.0 Å². The molecule has 2 N–H and O–H groups in total. The molecular formula is C15H21ClN2O. The molecule has 3 unspecified atom stereocenters. The van der Waals surface area contributed by atoms with Crippen LogP contribution in [0.1, 0.15) is 30.5 Å². The number of hydrogen-bond donors (Lipinski definition) is 1. The average Bonchev–Trinajstić information content (AvgIpc) is 2.91. The second-order valence-corrected chi connectivity index (χ2v) is 6.32. The van der Waals surface area contributed by atoms with Crippen LogP contribution in [0.4, 0.5) is 0 Å². The summed E-state index contributed by atoms with van der Waals surface area (Å²) in [4.78, 5) is 2.38. The number of hydrogen-bond acceptors (Lipinski definition) is 3. The second kappa shape index (κ2) is 4.97. The van der Waals surface area contributed by atoms with Crippen LogP contribution in [0.5, 0.6) is 5.75 Å². The quantitative estimate of drug-likeness (QED) is 0.905. The van der Waals surface area contributed by atoms with Crippen LogP contribution in [0.2, 0.25) is 5.02 Å². The molecule has 4 heteroatoms. The van der Waals surface area contributed by atoms with Gasteiger partial charge in [-0.25, -0.2) is 0 Å². The molecule has 0 radical (unpaired) electrons. The van der Waals surface area contributed by atoms with Gasteiger partial charge in [-0.2, -0.15) is 0 Å². The van der Waals surface area contributed by atoms with E-state index in [2.05, 4.69) is 31.0 Å². The van der Waals surface area contributed by atoms with Gasteiger partial charge < -0.3 is 10.5 Å². The Kier molecular flexibility index (Phi) is 3.46. The van der Waals surface area contributed by atoms with E-state index >= 15 is 0 Å². The standard InChI is InChI=1S/C15H21ClN2O/c1-9-3-12-5-11(6-13(16)15(12)19-9)14-4-10(7-17)8-18(14)2/h5-6,9-10,14H,3-4,7-8,17H2,1-2H3. The Balaban J connectivity index is 1.91. The first kappa shape index (κ1) is 13.2. The number of nitrogens with zero attached hydrogens (tertiary/aromatic N) is 1. The third kappa shape index (κ3) is 2.35. The molecule has 1 aromatic carbocycles. The minimum atomic E-state index is 0.237. The van der Waals surface area contributed by atoms with E-state index in [9.17, 15) is 0 Å². The van der Waals surface area contributed by atoms with Crippen LogP contribution in [0, 0.1) is 5.92 Å². The summed E-state index contributed by atoms with van der Waals surface area (Å²) < 4.78 is 5.76. The molecule has 0 aromatic heterocycles. The summed E-state index contributed by atoms with van der Waals surface area (Å²) in [7, 11) is 2.17. The SMILES string of the molecule is CC1Cc2cc(C3CC(CN)CN3C)cc(Cl)c2O1. The van der Waals surface area contributed by atoms with Gasteiger partial charge in [0.25, 0.3) is 0 Å². The number of likely N-dealkylation sites (tertiary alicyclic amines) is 1. The highest BCUT2D eigenvalue weighted by molar-refractivity contribution is 6.32. The summed E-state index contributed by atoms with van der Waals surface area (Å²) in [5.74, 6) is 1.48. The van der Waals surface area contributed by atoms with Gasteiger partial charge in [-0.1, -0.05) is 17.7 Å². The first-order valence-electron chi connectivity index (χ1n) is 6.97. The van der Waals surface area contributed by atoms with Crippen molar-refractivity contribution in [2.45, 2.75) is 31.9 Å². The Morgan fingerprint density at radius 2 is 2.26 bits per heavy atom. The van der Waals surface area contributed by atoms with Gasteiger partial charge in [0.05, 0.1) is 5.02 Å². The molecule has 2 aliphatic heterocycles. The van der Waals surface area contributed by atoms with E-state index in [4.69, 9.17) is 22.1 Å². The lowest BCUT2D eigenvalue weighted by molar-refractivity contribution is 0.255. The van der Waals surface area contributed by atoms with Gasteiger partial charge in [0.2, 0.25) is 0 Å². The molecule has 3 atom stereocenters. The Morgan fingerprint density at radius 1 is 1.47 bits per heavy atom. The lowest BCUT2D eigenvalue weighted by Crippen LogP contribution is -2.20. The molecule has 0 amide bonds. The summed E-state index contributed by atoms with van der Waals surface area (Å²) in [6.07, 6.45) is 2.32. The third-order valence-corrected chi connectivity index (χ3v) is 4.60. The van der Waals surface area contributed by atoms with E-state index in [-0.39, 0.29) is 6.10 Å². The normalized spacial score (nSPS) is 30.4. The molecule has 0 bridgehead atoms. The van der Waals surface area contributed by atoms with Crippen molar-refractivity contribution in [2.24, 2.45) is 11.7 Å².